The van der Waals surface area contributed by atoms with Gasteiger partial charge in [0.2, 0.25) is 0 Å². The van der Waals surface area contributed by atoms with Gasteiger partial charge in [0.15, 0.2) is 12.2 Å². The highest BCUT2D eigenvalue weighted by molar-refractivity contribution is 7.47. The number of esters is 4. The lowest BCUT2D eigenvalue weighted by atomic mass is 10.0. The third-order valence-corrected chi connectivity index (χ3v) is 19.1. The van der Waals surface area contributed by atoms with Crippen LogP contribution in [0, 0.1) is 0 Å². The molecule has 582 valence electrons. The summed E-state index contributed by atoms with van der Waals surface area (Å²) < 4.78 is 68.6. The molecule has 5 unspecified atom stereocenters. The summed E-state index contributed by atoms with van der Waals surface area (Å²) in [5.41, 5.74) is 0. The van der Waals surface area contributed by atoms with Crippen LogP contribution < -0.4 is 0 Å². The third kappa shape index (κ3) is 72.8. The molecule has 0 aliphatic carbocycles. The normalized spacial score (nSPS) is 14.3. The highest BCUT2D eigenvalue weighted by Crippen LogP contribution is 2.45. The molecule has 17 nitrogen and oxygen atoms in total. The number of hydrogen-bond acceptors (Lipinski definition) is 15. The maximum absolute atomic E-state index is 13.1. The van der Waals surface area contributed by atoms with Crippen LogP contribution in [0.15, 0.2) is 72.9 Å². The Balaban J connectivity index is 5.32. The lowest BCUT2D eigenvalue weighted by Gasteiger charge is -2.21. The standard InChI is InChI=1S/C81H146O17P2/c1-5-9-13-17-21-25-29-33-36-37-40-43-46-50-54-58-62-66-79(84)92-71-76(97-80(85)67-63-59-55-51-47-41-32-28-24-20-16-12-8-4)73-95-99(87,88)93-69-75(82)70-94-100(89,90)96-74-77(98-81(86)68-64-60-56-52-48-44-39-35-31-27-23-19-15-11-7-3)72-91-78(83)65-61-57-53-49-45-42-38-34-30-26-22-18-14-10-6-2/h9-10,13-14,21-22,25-26,33-34,36,38,75-77,82H,5-8,11-12,15-20,23-24,27-32,35,37,39-74H2,1-4H3,(H,87,88)(H,89,90)/b13-9-,14-10-,25-21-,26-22-,36-33-,38-34-. The minimum absolute atomic E-state index is 0.0971. The quantitative estimate of drug-likeness (QED) is 0.0169. The van der Waals surface area contributed by atoms with Gasteiger partial charge in [-0.2, -0.15) is 0 Å². The van der Waals surface area contributed by atoms with Crippen LogP contribution in [0.25, 0.3) is 0 Å². The zero-order valence-electron chi connectivity index (χ0n) is 63.6. The molecule has 0 amide bonds. The van der Waals surface area contributed by atoms with Gasteiger partial charge >= 0.3 is 39.5 Å². The predicted molar refractivity (Wildman–Crippen MR) is 409 cm³/mol. The first kappa shape index (κ1) is 96.5. The van der Waals surface area contributed by atoms with Gasteiger partial charge in [-0.1, -0.05) is 319 Å². The van der Waals surface area contributed by atoms with E-state index >= 15 is 0 Å². The van der Waals surface area contributed by atoms with E-state index in [9.17, 15) is 43.2 Å². The molecule has 0 bridgehead atoms. The first-order valence-corrected chi connectivity index (χ1v) is 43.2. The van der Waals surface area contributed by atoms with Gasteiger partial charge < -0.3 is 33.8 Å². The Morgan fingerprint density at radius 2 is 0.520 bits per heavy atom. The first-order valence-electron chi connectivity index (χ1n) is 40.2. The summed E-state index contributed by atoms with van der Waals surface area (Å²) in [6.07, 6.45) is 74.4. The van der Waals surface area contributed by atoms with Crippen LogP contribution >= 0.6 is 15.6 Å². The third-order valence-electron chi connectivity index (χ3n) is 17.2. The van der Waals surface area contributed by atoms with Crippen LogP contribution in [-0.4, -0.2) is 96.7 Å². The van der Waals surface area contributed by atoms with Gasteiger partial charge in [-0.05, 0) is 89.9 Å². The molecule has 100 heavy (non-hydrogen) atoms. The molecule has 0 aliphatic heterocycles. The predicted octanol–water partition coefficient (Wildman–Crippen LogP) is 23.2. The molecule has 19 heteroatoms. The molecule has 0 saturated heterocycles. The smallest absolute Gasteiger partial charge is 0.462 e. The Morgan fingerprint density at radius 3 is 0.800 bits per heavy atom. The summed E-state index contributed by atoms with van der Waals surface area (Å²) >= 11 is 0. The lowest BCUT2D eigenvalue weighted by molar-refractivity contribution is -0.161. The molecule has 0 spiro atoms. The van der Waals surface area contributed by atoms with Crippen LogP contribution in [0.1, 0.15) is 362 Å². The second kappa shape index (κ2) is 73.8. The largest absolute Gasteiger partial charge is 0.472 e. The van der Waals surface area contributed by atoms with E-state index in [-0.39, 0.29) is 25.7 Å². The van der Waals surface area contributed by atoms with Gasteiger partial charge in [-0.25, -0.2) is 9.13 Å². The topological polar surface area (TPSA) is 237 Å². The summed E-state index contributed by atoms with van der Waals surface area (Å²) in [7, 11) is -9.94. The zero-order chi connectivity index (χ0) is 73.2. The molecule has 0 fully saturated rings. The summed E-state index contributed by atoms with van der Waals surface area (Å²) in [4.78, 5) is 73.0. The minimum atomic E-state index is -4.97. The van der Waals surface area contributed by atoms with Gasteiger partial charge in [-0.3, -0.25) is 37.3 Å². The molecule has 0 radical (unpaired) electrons. The van der Waals surface area contributed by atoms with E-state index in [1.807, 2.05) is 0 Å². The van der Waals surface area contributed by atoms with E-state index in [0.717, 1.165) is 167 Å². The second-order valence-corrected chi connectivity index (χ2v) is 29.9. The average molecular weight is 1450 g/mol. The van der Waals surface area contributed by atoms with Crippen LogP contribution in [0.3, 0.4) is 0 Å². The van der Waals surface area contributed by atoms with Crippen LogP contribution in [0.4, 0.5) is 0 Å². The Bertz CT molecular complexity index is 2180. The van der Waals surface area contributed by atoms with E-state index in [1.54, 1.807) is 0 Å². The number of phosphoric acid groups is 2. The number of allylic oxidation sites excluding steroid dienone is 12. The fourth-order valence-corrected chi connectivity index (χ4v) is 12.7. The van der Waals surface area contributed by atoms with Gasteiger partial charge in [-0.15, -0.1) is 0 Å². The first-order chi connectivity index (χ1) is 48.7. The van der Waals surface area contributed by atoms with E-state index in [0.29, 0.717) is 25.7 Å². The summed E-state index contributed by atoms with van der Waals surface area (Å²) in [5, 5.41) is 10.6. The van der Waals surface area contributed by atoms with Crippen LogP contribution in [-0.2, 0) is 65.4 Å². The van der Waals surface area contributed by atoms with Crippen molar-refractivity contribution in [1.82, 2.24) is 0 Å². The van der Waals surface area contributed by atoms with E-state index < -0.39 is 97.5 Å². The molecular formula is C81H146O17P2. The van der Waals surface area contributed by atoms with Crippen molar-refractivity contribution in [3.8, 4) is 0 Å². The van der Waals surface area contributed by atoms with Gasteiger partial charge in [0.1, 0.15) is 19.3 Å². The zero-order valence-corrected chi connectivity index (χ0v) is 65.4. The summed E-state index contributed by atoms with van der Waals surface area (Å²) in [6, 6.07) is 0. The number of unbranched alkanes of at least 4 members (excludes halogenated alkanes) is 38. The average Bonchev–Trinajstić information content (AvgIpc) is 0.965. The van der Waals surface area contributed by atoms with Gasteiger partial charge in [0.05, 0.1) is 26.4 Å². The number of hydrogen-bond donors (Lipinski definition) is 3. The van der Waals surface area contributed by atoms with E-state index in [2.05, 4.69) is 101 Å². The molecule has 0 heterocycles. The number of carbonyl (C=O) groups is 4. The minimum Gasteiger partial charge on any atom is -0.462 e. The molecule has 0 aliphatic rings. The number of ether oxygens (including phenoxy) is 4. The van der Waals surface area contributed by atoms with Crippen molar-refractivity contribution < 1.29 is 80.2 Å². The van der Waals surface area contributed by atoms with Gasteiger partial charge in [0, 0.05) is 25.7 Å². The maximum Gasteiger partial charge on any atom is 0.472 e. The molecule has 0 aromatic carbocycles. The van der Waals surface area contributed by atoms with Crippen molar-refractivity contribution in [3.63, 3.8) is 0 Å². The summed E-state index contributed by atoms with van der Waals surface area (Å²) in [6.45, 7) is 4.70. The monoisotopic (exact) mass is 1450 g/mol. The molecule has 0 aromatic rings. The molecule has 0 rings (SSSR count). The fraction of sp³-hybridized carbons (Fsp3) is 0.802. The Labute approximate surface area is 609 Å². The van der Waals surface area contributed by atoms with E-state index in [1.165, 1.54) is 116 Å². The molecule has 5 atom stereocenters. The Kier molecular flexibility index (Phi) is 71.2. The number of carbonyl (C=O) groups excluding carboxylic acids is 4. The molecule has 3 N–H and O–H groups in total. The number of aliphatic hydroxyl groups excluding tert-OH is 1. The maximum atomic E-state index is 13.1. The van der Waals surface area contributed by atoms with Crippen LogP contribution in [0.2, 0.25) is 0 Å². The van der Waals surface area contributed by atoms with Gasteiger partial charge in [0.25, 0.3) is 0 Å². The van der Waals surface area contributed by atoms with Crippen molar-refractivity contribution in [2.24, 2.45) is 0 Å². The number of rotatable bonds is 76. The summed E-state index contributed by atoms with van der Waals surface area (Å²) in [5.74, 6) is -2.17. The van der Waals surface area contributed by atoms with Crippen molar-refractivity contribution >= 4 is 39.5 Å². The molecular weight excluding hydrogens is 1310 g/mol. The highest BCUT2D eigenvalue weighted by Gasteiger charge is 2.30. The van der Waals surface area contributed by atoms with Crippen molar-refractivity contribution in [2.75, 3.05) is 39.6 Å². The van der Waals surface area contributed by atoms with Crippen molar-refractivity contribution in [2.45, 2.75) is 380 Å². The Morgan fingerprint density at radius 1 is 0.290 bits per heavy atom. The second-order valence-electron chi connectivity index (χ2n) is 27.0. The van der Waals surface area contributed by atoms with Crippen molar-refractivity contribution in [1.29, 1.82) is 0 Å². The number of phosphoric ester groups is 2. The lowest BCUT2D eigenvalue weighted by Crippen LogP contribution is -2.30. The SMILES string of the molecule is CC/C=C\C/C=C\C/C=C\CCCCCCCCCC(=O)OCC(COP(=O)(O)OCC(O)COP(=O)(O)OCC(COC(=O)CCCCCCC/C=C\C/C=C\C/C=C\CC)OC(=O)CCCCCCCCCCCCCCCCC)OC(=O)CCCCCCCCCCCCCCC. The van der Waals surface area contributed by atoms with Crippen LogP contribution in [0.5, 0.6) is 0 Å². The molecule has 0 aromatic heterocycles. The molecule has 0 saturated carbocycles. The number of aliphatic hydroxyl groups is 1. The Hall–Kier alpha value is -3.50. The highest BCUT2D eigenvalue weighted by atomic mass is 31.2. The van der Waals surface area contributed by atoms with Crippen molar-refractivity contribution in [3.05, 3.63) is 72.9 Å². The van der Waals surface area contributed by atoms with E-state index in [4.69, 9.17) is 37.0 Å². The fourth-order valence-electron chi connectivity index (χ4n) is 11.1.